The number of hydrogen-bond acceptors (Lipinski definition) is 5. The number of carbonyl (C=O) groups excluding carboxylic acids is 1. The smallest absolute Gasteiger partial charge is 0.273 e. The summed E-state index contributed by atoms with van der Waals surface area (Å²) in [6.45, 7) is 5.39. The number of hydrogen-bond donors (Lipinski definition) is 0. The second-order valence-electron chi connectivity index (χ2n) is 8.66. The highest BCUT2D eigenvalue weighted by atomic mass is 32.1. The molecule has 5 rings (SSSR count). The van der Waals surface area contributed by atoms with Gasteiger partial charge in [0.2, 0.25) is 0 Å². The van der Waals surface area contributed by atoms with Gasteiger partial charge < -0.3 is 9.80 Å². The molecule has 2 fully saturated rings. The lowest BCUT2D eigenvalue weighted by molar-refractivity contribution is 0.0642. The first-order chi connectivity index (χ1) is 15.1. The molecule has 7 heteroatoms. The summed E-state index contributed by atoms with van der Waals surface area (Å²) < 4.78 is 1.88. The zero-order valence-electron chi connectivity index (χ0n) is 18.2. The number of nitrogens with zero attached hydrogens (tertiary/aromatic N) is 5. The minimum Gasteiger partial charge on any atom is -0.337 e. The molecule has 6 nitrogen and oxygen atoms in total. The van der Waals surface area contributed by atoms with Gasteiger partial charge in [-0.25, -0.2) is 9.67 Å². The van der Waals surface area contributed by atoms with Gasteiger partial charge >= 0.3 is 0 Å². The fraction of sp³-hybridized carbons (Fsp3) is 0.458. The van der Waals surface area contributed by atoms with Crippen LogP contribution in [-0.4, -0.2) is 63.2 Å². The Bertz CT molecular complexity index is 1040. The van der Waals surface area contributed by atoms with E-state index in [0.717, 1.165) is 54.7 Å². The fourth-order valence-corrected chi connectivity index (χ4v) is 5.13. The number of thiazole rings is 1. The quantitative estimate of drug-likeness (QED) is 0.575. The summed E-state index contributed by atoms with van der Waals surface area (Å²) >= 11 is 1.50. The van der Waals surface area contributed by atoms with Crippen molar-refractivity contribution in [2.45, 2.75) is 44.6 Å². The van der Waals surface area contributed by atoms with Crippen LogP contribution in [0.15, 0.2) is 42.0 Å². The van der Waals surface area contributed by atoms with Gasteiger partial charge in [-0.2, -0.15) is 5.10 Å². The van der Waals surface area contributed by atoms with E-state index in [1.807, 2.05) is 34.4 Å². The van der Waals surface area contributed by atoms with Crippen LogP contribution in [0.1, 0.15) is 54.6 Å². The van der Waals surface area contributed by atoms with Crippen LogP contribution in [0.5, 0.6) is 0 Å². The molecule has 2 aromatic heterocycles. The van der Waals surface area contributed by atoms with Crippen LogP contribution in [0.3, 0.4) is 0 Å². The van der Waals surface area contributed by atoms with Crippen molar-refractivity contribution in [3.8, 4) is 16.3 Å². The molecule has 0 atom stereocenters. The van der Waals surface area contributed by atoms with Crippen molar-refractivity contribution in [2.24, 2.45) is 0 Å². The van der Waals surface area contributed by atoms with E-state index in [-0.39, 0.29) is 5.91 Å². The van der Waals surface area contributed by atoms with E-state index in [9.17, 15) is 4.79 Å². The summed E-state index contributed by atoms with van der Waals surface area (Å²) in [5, 5.41) is 7.22. The van der Waals surface area contributed by atoms with E-state index < -0.39 is 0 Å². The average molecular weight is 436 g/mol. The summed E-state index contributed by atoms with van der Waals surface area (Å²) in [4.78, 5) is 22.0. The molecule has 0 unspecified atom stereocenters. The first-order valence-electron chi connectivity index (χ1n) is 11.2. The average Bonchev–Trinajstić information content (AvgIpc) is 3.34. The number of piperidine rings is 1. The predicted molar refractivity (Wildman–Crippen MR) is 124 cm³/mol. The molecule has 1 aromatic carbocycles. The van der Waals surface area contributed by atoms with Crippen LogP contribution in [0.4, 0.5) is 0 Å². The van der Waals surface area contributed by atoms with Crippen LogP contribution in [0.25, 0.3) is 16.3 Å². The molecule has 1 saturated carbocycles. The van der Waals surface area contributed by atoms with Crippen LogP contribution in [0, 0.1) is 0 Å². The molecular weight excluding hydrogens is 406 g/mol. The molecule has 31 heavy (non-hydrogen) atoms. The summed E-state index contributed by atoms with van der Waals surface area (Å²) in [6.07, 6.45) is 8.49. The lowest BCUT2D eigenvalue weighted by Crippen LogP contribution is -2.45. The highest BCUT2D eigenvalue weighted by Crippen LogP contribution is 2.40. The van der Waals surface area contributed by atoms with Gasteiger partial charge in [0.25, 0.3) is 5.91 Å². The van der Waals surface area contributed by atoms with E-state index >= 15 is 0 Å². The number of rotatable bonds is 6. The Morgan fingerprint density at radius 1 is 1.16 bits per heavy atom. The number of carbonyl (C=O) groups is 1. The van der Waals surface area contributed by atoms with Crippen molar-refractivity contribution in [1.29, 1.82) is 0 Å². The SMILES string of the molecule is CCN1CCC(N(C)C(=O)c2csc(-c3cnn(-c4ccc(C5CC5)cc4)c3)n2)CC1. The van der Waals surface area contributed by atoms with Gasteiger partial charge in [-0.3, -0.25) is 4.79 Å². The maximum absolute atomic E-state index is 13.0. The summed E-state index contributed by atoms with van der Waals surface area (Å²) in [7, 11) is 1.91. The van der Waals surface area contributed by atoms with Gasteiger partial charge in [-0.15, -0.1) is 11.3 Å². The third kappa shape index (κ3) is 4.29. The maximum atomic E-state index is 13.0. The fourth-order valence-electron chi connectivity index (χ4n) is 4.36. The van der Waals surface area contributed by atoms with E-state index in [2.05, 4.69) is 46.2 Å². The van der Waals surface area contributed by atoms with Crippen molar-refractivity contribution in [3.05, 3.63) is 53.3 Å². The molecule has 162 valence electrons. The Labute approximate surface area is 187 Å². The summed E-state index contributed by atoms with van der Waals surface area (Å²) in [5.74, 6) is 0.770. The van der Waals surface area contributed by atoms with E-state index in [1.54, 1.807) is 0 Å². The van der Waals surface area contributed by atoms with Crippen LogP contribution in [-0.2, 0) is 0 Å². The Hall–Kier alpha value is -2.51. The number of likely N-dealkylation sites (tertiary alicyclic amines) is 1. The lowest BCUT2D eigenvalue weighted by atomic mass is 10.0. The molecule has 3 aromatic rings. The molecule has 0 N–H and O–H groups in total. The topological polar surface area (TPSA) is 54.3 Å². The second-order valence-corrected chi connectivity index (χ2v) is 9.52. The molecule has 0 bridgehead atoms. The zero-order chi connectivity index (χ0) is 21.4. The van der Waals surface area contributed by atoms with Gasteiger partial charge in [0, 0.05) is 43.3 Å². The Morgan fingerprint density at radius 3 is 2.58 bits per heavy atom. The van der Waals surface area contributed by atoms with Gasteiger partial charge in [0.05, 0.1) is 11.9 Å². The summed E-state index contributed by atoms with van der Waals surface area (Å²) in [6, 6.07) is 8.95. The van der Waals surface area contributed by atoms with Crippen molar-refractivity contribution in [2.75, 3.05) is 26.7 Å². The minimum absolute atomic E-state index is 0.0144. The third-order valence-corrected chi connectivity index (χ3v) is 7.52. The molecule has 3 heterocycles. The molecule has 1 aliphatic heterocycles. The predicted octanol–water partition coefficient (Wildman–Crippen LogP) is 4.43. The molecule has 1 aliphatic carbocycles. The summed E-state index contributed by atoms with van der Waals surface area (Å²) in [5.41, 5.74) is 3.93. The van der Waals surface area contributed by atoms with Crippen LogP contribution >= 0.6 is 11.3 Å². The number of aromatic nitrogens is 3. The van der Waals surface area contributed by atoms with Crippen LogP contribution < -0.4 is 0 Å². The third-order valence-electron chi connectivity index (χ3n) is 6.63. The molecule has 0 spiro atoms. The highest BCUT2D eigenvalue weighted by Gasteiger charge is 2.27. The van der Waals surface area contributed by atoms with E-state index in [1.165, 1.54) is 29.7 Å². The Morgan fingerprint density at radius 2 is 1.90 bits per heavy atom. The van der Waals surface area contributed by atoms with Gasteiger partial charge in [-0.05, 0) is 55.8 Å². The monoisotopic (exact) mass is 435 g/mol. The van der Waals surface area contributed by atoms with Gasteiger partial charge in [0.1, 0.15) is 10.7 Å². The molecule has 2 aliphatic rings. The molecule has 1 amide bonds. The molecular formula is C24H29N5OS. The van der Waals surface area contributed by atoms with Gasteiger partial charge in [-0.1, -0.05) is 19.1 Å². The van der Waals surface area contributed by atoms with Crippen molar-refractivity contribution >= 4 is 17.2 Å². The minimum atomic E-state index is 0.0144. The number of amides is 1. The van der Waals surface area contributed by atoms with Crippen molar-refractivity contribution < 1.29 is 4.79 Å². The van der Waals surface area contributed by atoms with Gasteiger partial charge in [0.15, 0.2) is 0 Å². The van der Waals surface area contributed by atoms with E-state index in [4.69, 9.17) is 0 Å². The van der Waals surface area contributed by atoms with Crippen molar-refractivity contribution in [1.82, 2.24) is 24.6 Å². The largest absolute Gasteiger partial charge is 0.337 e. The highest BCUT2D eigenvalue weighted by molar-refractivity contribution is 7.13. The molecule has 0 radical (unpaired) electrons. The standard InChI is InChI=1S/C24H29N5OS/c1-3-28-12-10-20(11-13-28)27(2)24(30)22-16-31-23(26-22)19-14-25-29(15-19)21-8-6-18(7-9-21)17-4-5-17/h6-9,14-17,20H,3-5,10-13H2,1-2H3. The lowest BCUT2D eigenvalue weighted by Gasteiger charge is -2.36. The number of benzene rings is 1. The van der Waals surface area contributed by atoms with E-state index in [0.29, 0.717) is 11.7 Å². The first kappa shape index (κ1) is 20.4. The Kier molecular flexibility index (Phi) is 5.63. The first-order valence-corrected chi connectivity index (χ1v) is 12.1. The maximum Gasteiger partial charge on any atom is 0.273 e. The Balaban J connectivity index is 1.26. The normalized spacial score (nSPS) is 17.7. The zero-order valence-corrected chi connectivity index (χ0v) is 19.0. The second kappa shape index (κ2) is 8.55. The molecule has 1 saturated heterocycles. The van der Waals surface area contributed by atoms with Crippen molar-refractivity contribution in [3.63, 3.8) is 0 Å². The van der Waals surface area contributed by atoms with Crippen LogP contribution in [0.2, 0.25) is 0 Å².